The summed E-state index contributed by atoms with van der Waals surface area (Å²) >= 11 is 1.64. The molecular formula is C17H15N4OS. The zero-order chi connectivity index (χ0) is 16.0. The topological polar surface area (TPSA) is 66.0 Å². The summed E-state index contributed by atoms with van der Waals surface area (Å²) in [7, 11) is 1.66. The van der Waals surface area contributed by atoms with Crippen LogP contribution in [0.5, 0.6) is 5.75 Å². The van der Waals surface area contributed by atoms with E-state index in [-0.39, 0.29) is 0 Å². The first-order valence-electron chi connectivity index (χ1n) is 7.15. The zero-order valence-corrected chi connectivity index (χ0v) is 13.4. The third-order valence-electron chi connectivity index (χ3n) is 3.89. The highest BCUT2D eigenvalue weighted by Gasteiger charge is 2.16. The van der Waals surface area contributed by atoms with Gasteiger partial charge in [0, 0.05) is 13.5 Å². The number of aromatic nitrogens is 3. The fraction of sp³-hybridized carbons (Fsp3) is 0.118. The normalized spacial score (nSPS) is 11.4. The van der Waals surface area contributed by atoms with Crippen molar-refractivity contribution in [2.75, 3.05) is 12.8 Å². The quantitative estimate of drug-likeness (QED) is 0.627. The molecule has 0 saturated carbocycles. The van der Waals surface area contributed by atoms with Crippen LogP contribution < -0.4 is 10.5 Å². The van der Waals surface area contributed by atoms with Crippen molar-refractivity contribution in [2.24, 2.45) is 0 Å². The van der Waals surface area contributed by atoms with E-state index in [9.17, 15) is 0 Å². The van der Waals surface area contributed by atoms with E-state index in [2.05, 4.69) is 21.5 Å². The van der Waals surface area contributed by atoms with Crippen molar-refractivity contribution < 1.29 is 4.74 Å². The van der Waals surface area contributed by atoms with Gasteiger partial charge in [-0.2, -0.15) is 0 Å². The van der Waals surface area contributed by atoms with Crippen molar-refractivity contribution >= 4 is 38.4 Å². The summed E-state index contributed by atoms with van der Waals surface area (Å²) in [5.41, 5.74) is 9.84. The Hall–Kier alpha value is -2.60. The molecule has 0 unspecified atom stereocenters. The van der Waals surface area contributed by atoms with Crippen LogP contribution >= 0.6 is 11.3 Å². The van der Waals surface area contributed by atoms with Crippen molar-refractivity contribution in [1.29, 1.82) is 0 Å². The molecule has 115 valence electrons. The summed E-state index contributed by atoms with van der Waals surface area (Å²) in [5, 5.41) is 2.02. The van der Waals surface area contributed by atoms with E-state index < -0.39 is 0 Å². The molecule has 1 radical (unpaired) electrons. The van der Waals surface area contributed by atoms with Gasteiger partial charge in [-0.15, -0.1) is 11.3 Å². The maximum atomic E-state index is 6.07. The highest BCUT2D eigenvalue weighted by Crippen LogP contribution is 2.32. The number of anilines is 1. The van der Waals surface area contributed by atoms with Crippen molar-refractivity contribution in [3.63, 3.8) is 0 Å². The summed E-state index contributed by atoms with van der Waals surface area (Å²) in [6.07, 6.45) is 0. The first kappa shape index (κ1) is 14.0. The minimum atomic E-state index is 0.448. The van der Waals surface area contributed by atoms with Crippen LogP contribution in [0.3, 0.4) is 0 Å². The molecule has 4 aromatic rings. The van der Waals surface area contributed by atoms with Crippen LogP contribution in [-0.4, -0.2) is 21.6 Å². The second kappa shape index (κ2) is 5.24. The van der Waals surface area contributed by atoms with Gasteiger partial charge in [0.2, 0.25) is 0 Å². The summed E-state index contributed by atoms with van der Waals surface area (Å²) in [4.78, 5) is 8.93. The van der Waals surface area contributed by atoms with Crippen LogP contribution in [0.2, 0.25) is 0 Å². The van der Waals surface area contributed by atoms with Gasteiger partial charge in [-0.05, 0) is 29.1 Å². The third kappa shape index (κ3) is 2.22. The number of pyridine rings is 1. The van der Waals surface area contributed by atoms with Crippen molar-refractivity contribution in [2.45, 2.75) is 6.54 Å². The number of benzene rings is 1. The monoisotopic (exact) mass is 323 g/mol. The van der Waals surface area contributed by atoms with Gasteiger partial charge >= 0.3 is 0 Å². The molecule has 0 aliphatic rings. The molecule has 0 fully saturated rings. The highest BCUT2D eigenvalue weighted by molar-refractivity contribution is 7.18. The molecule has 0 aliphatic heterocycles. The molecule has 6 heteroatoms. The van der Waals surface area contributed by atoms with E-state index >= 15 is 0 Å². The first-order chi connectivity index (χ1) is 11.2. The second-order valence-electron chi connectivity index (χ2n) is 5.29. The number of imidazole rings is 1. The number of nitrogens with zero attached hydrogens (tertiary/aromatic N) is 3. The fourth-order valence-corrected chi connectivity index (χ4v) is 3.63. The number of nitrogen functional groups attached to an aromatic ring is 1. The van der Waals surface area contributed by atoms with Crippen molar-refractivity contribution in [3.8, 4) is 5.75 Å². The Kier molecular flexibility index (Phi) is 3.20. The predicted octanol–water partition coefficient (Wildman–Crippen LogP) is 3.47. The van der Waals surface area contributed by atoms with Gasteiger partial charge in [-0.25, -0.2) is 9.97 Å². The summed E-state index contributed by atoms with van der Waals surface area (Å²) in [6, 6.07) is 9.96. The van der Waals surface area contributed by atoms with E-state index in [1.54, 1.807) is 18.4 Å². The molecule has 0 saturated heterocycles. The molecular weight excluding hydrogens is 308 g/mol. The number of rotatable bonds is 3. The number of fused-ring (bicyclic) bond motifs is 3. The van der Waals surface area contributed by atoms with E-state index in [0.29, 0.717) is 18.2 Å². The molecule has 0 aliphatic carbocycles. The lowest BCUT2D eigenvalue weighted by Crippen LogP contribution is -2.02. The van der Waals surface area contributed by atoms with Gasteiger partial charge in [-0.1, -0.05) is 12.1 Å². The third-order valence-corrected chi connectivity index (χ3v) is 4.80. The number of ether oxygens (including phenoxy) is 1. The number of methoxy groups -OCH3 is 1. The molecule has 0 atom stereocenters. The lowest BCUT2D eigenvalue weighted by atomic mass is 10.2. The highest BCUT2D eigenvalue weighted by atomic mass is 32.1. The smallest absolute Gasteiger partial charge is 0.152 e. The largest absolute Gasteiger partial charge is 0.497 e. The van der Waals surface area contributed by atoms with Gasteiger partial charge in [0.15, 0.2) is 5.82 Å². The van der Waals surface area contributed by atoms with E-state index in [1.807, 2.05) is 35.7 Å². The molecule has 4 rings (SSSR count). The molecule has 0 spiro atoms. The summed E-state index contributed by atoms with van der Waals surface area (Å²) in [6.45, 7) is 4.74. The number of hydrogen-bond donors (Lipinski definition) is 1. The van der Waals surface area contributed by atoms with Crippen LogP contribution in [-0.2, 0) is 6.54 Å². The van der Waals surface area contributed by atoms with E-state index in [0.717, 1.165) is 32.6 Å². The lowest BCUT2D eigenvalue weighted by molar-refractivity contribution is 0.414. The van der Waals surface area contributed by atoms with E-state index in [1.165, 1.54) is 0 Å². The standard InChI is InChI=1S/C17H15N4OS/c1-10-19-14-15(16-13(7-8-23-16)20-17(14)18)21(10)9-11-3-5-12(22-2)6-4-11/h3-8H,1,9H2,2H3,(H2,18,20). The fourth-order valence-electron chi connectivity index (χ4n) is 2.74. The molecule has 5 nitrogen and oxygen atoms in total. The number of hydrogen-bond acceptors (Lipinski definition) is 5. The molecule has 1 aromatic carbocycles. The molecule has 3 heterocycles. The van der Waals surface area contributed by atoms with Crippen LogP contribution in [0, 0.1) is 6.92 Å². The SMILES string of the molecule is [CH2]c1nc2c(N)nc3ccsc3c2n1Cc1ccc(OC)cc1. The lowest BCUT2D eigenvalue weighted by Gasteiger charge is -2.09. The first-order valence-corrected chi connectivity index (χ1v) is 8.03. The maximum absolute atomic E-state index is 6.07. The van der Waals surface area contributed by atoms with Gasteiger partial charge in [0.25, 0.3) is 0 Å². The van der Waals surface area contributed by atoms with Crippen LogP contribution in [0.4, 0.5) is 5.82 Å². The Balaban J connectivity index is 1.89. The van der Waals surface area contributed by atoms with Gasteiger partial charge in [-0.3, -0.25) is 0 Å². The zero-order valence-electron chi connectivity index (χ0n) is 12.6. The second-order valence-corrected chi connectivity index (χ2v) is 6.21. The Morgan fingerprint density at radius 1 is 1.22 bits per heavy atom. The van der Waals surface area contributed by atoms with Gasteiger partial charge in [0.1, 0.15) is 17.1 Å². The van der Waals surface area contributed by atoms with Gasteiger partial charge in [0.05, 0.1) is 22.8 Å². The molecule has 2 N–H and O–H groups in total. The number of thiophene rings is 1. The minimum absolute atomic E-state index is 0.448. The number of nitrogens with two attached hydrogens (primary N) is 1. The summed E-state index contributed by atoms with van der Waals surface area (Å²) < 4.78 is 8.39. The Labute approximate surface area is 137 Å². The van der Waals surface area contributed by atoms with Crippen LogP contribution in [0.15, 0.2) is 35.7 Å². The van der Waals surface area contributed by atoms with E-state index in [4.69, 9.17) is 10.5 Å². The average Bonchev–Trinajstić information content (AvgIpc) is 3.13. The molecule has 0 bridgehead atoms. The molecule has 0 amide bonds. The Morgan fingerprint density at radius 3 is 2.74 bits per heavy atom. The minimum Gasteiger partial charge on any atom is -0.497 e. The molecule has 23 heavy (non-hydrogen) atoms. The predicted molar refractivity (Wildman–Crippen MR) is 93.9 cm³/mol. The van der Waals surface area contributed by atoms with Crippen LogP contribution in [0.1, 0.15) is 11.4 Å². The molecule has 3 aromatic heterocycles. The Bertz CT molecular complexity index is 1000. The van der Waals surface area contributed by atoms with Gasteiger partial charge < -0.3 is 15.0 Å². The maximum Gasteiger partial charge on any atom is 0.152 e. The van der Waals surface area contributed by atoms with Crippen molar-refractivity contribution in [3.05, 3.63) is 54.0 Å². The van der Waals surface area contributed by atoms with Crippen LogP contribution in [0.25, 0.3) is 21.3 Å². The Morgan fingerprint density at radius 2 is 2.00 bits per heavy atom. The average molecular weight is 323 g/mol. The summed E-state index contributed by atoms with van der Waals surface area (Å²) in [5.74, 6) is 1.97. The van der Waals surface area contributed by atoms with Crippen molar-refractivity contribution in [1.82, 2.24) is 14.5 Å².